The molecule has 0 aromatic rings. The first kappa shape index (κ1) is 51.6. The van der Waals surface area contributed by atoms with Gasteiger partial charge in [0, 0.05) is 27.6 Å². The molecule has 0 aromatic carbocycles. The SMILES string of the molecule is C=C1C[C@@H](C(C)(C)O)C[C@H]([C@@H](C)[C@H]2CC[C@H]3C4=C(CC[C@]23C)[C@@]23CO[C@](O)([C@@H](O)C2)C(C)(C)C3[C@@H](OS(=O)(=O)O)C4)O[C@H]1CC[C@@H](C)[C@H]1CC[C@H]2C3=C(CC[C@]12C)[C@@]12CO[C@](O)([C@@H](O)C1)C(C)(C)C2=CC3. The fourth-order valence-corrected chi connectivity index (χ4v) is 20.9. The molecule has 0 radical (unpaired) electrons. The number of rotatable bonds is 9. The Labute approximate surface area is 424 Å². The number of fused-ring (bicyclic) bond motifs is 8. The third-order valence-corrected chi connectivity index (χ3v) is 24.6. The van der Waals surface area contributed by atoms with Crippen LogP contribution < -0.4 is 0 Å². The van der Waals surface area contributed by atoms with Crippen molar-refractivity contribution >= 4 is 10.4 Å². The molecule has 9 fully saturated rings. The van der Waals surface area contributed by atoms with Gasteiger partial charge in [-0.25, -0.2) is 4.18 Å². The molecule has 4 bridgehead atoms. The van der Waals surface area contributed by atoms with Gasteiger partial charge in [-0.3, -0.25) is 4.55 Å². The second-order valence-electron chi connectivity index (χ2n) is 28.1. The van der Waals surface area contributed by atoms with Gasteiger partial charge in [0.2, 0.25) is 5.79 Å². The Kier molecular flexibility index (Phi) is 11.8. The highest BCUT2D eigenvalue weighted by atomic mass is 32.3. The second-order valence-corrected chi connectivity index (χ2v) is 29.1. The lowest BCUT2D eigenvalue weighted by molar-refractivity contribution is -0.408. The summed E-state index contributed by atoms with van der Waals surface area (Å²) in [4.78, 5) is 0. The summed E-state index contributed by atoms with van der Waals surface area (Å²) < 4.78 is 60.8. The highest BCUT2D eigenvalue weighted by Gasteiger charge is 2.75. The van der Waals surface area contributed by atoms with Crippen LogP contribution in [0, 0.1) is 79.8 Å². The molecule has 8 aliphatic carbocycles. The van der Waals surface area contributed by atoms with E-state index < -0.39 is 68.0 Å². The van der Waals surface area contributed by atoms with Crippen LogP contribution in [0.4, 0.5) is 0 Å². The van der Waals surface area contributed by atoms with Crippen molar-refractivity contribution in [2.45, 2.75) is 220 Å². The smallest absolute Gasteiger partial charge is 0.390 e. The summed E-state index contributed by atoms with van der Waals surface area (Å²) >= 11 is 0. The number of hydrogen-bond acceptors (Lipinski definition) is 11. The predicted octanol–water partition coefficient (Wildman–Crippen LogP) is 9.31. The van der Waals surface area contributed by atoms with E-state index in [1.165, 1.54) is 35.1 Å². The van der Waals surface area contributed by atoms with E-state index in [1.807, 2.05) is 41.5 Å². The van der Waals surface area contributed by atoms with Crippen molar-refractivity contribution in [3.8, 4) is 0 Å². The first-order valence-corrected chi connectivity index (χ1v) is 29.2. The molecule has 0 amide bonds. The van der Waals surface area contributed by atoms with Crippen LogP contribution in [0.15, 0.2) is 46.1 Å². The minimum absolute atomic E-state index is 0.0164. The molecule has 13 heteroatoms. The van der Waals surface area contributed by atoms with Gasteiger partial charge in [-0.1, -0.05) is 95.9 Å². The maximum atomic E-state index is 12.6. The molecule has 5 heterocycles. The first-order chi connectivity index (χ1) is 32.9. The topological polar surface area (TPSA) is 192 Å². The van der Waals surface area contributed by atoms with Gasteiger partial charge < -0.3 is 39.7 Å². The van der Waals surface area contributed by atoms with Crippen molar-refractivity contribution < 1.29 is 56.9 Å². The highest BCUT2D eigenvalue weighted by Crippen LogP contribution is 2.73. The van der Waals surface area contributed by atoms with Crippen molar-refractivity contribution in [1.82, 2.24) is 0 Å². The minimum atomic E-state index is -4.83. The van der Waals surface area contributed by atoms with Crippen molar-refractivity contribution in [2.24, 2.45) is 79.8 Å². The van der Waals surface area contributed by atoms with Crippen LogP contribution in [0.25, 0.3) is 0 Å². The second kappa shape index (κ2) is 16.3. The van der Waals surface area contributed by atoms with Gasteiger partial charge >= 0.3 is 10.4 Å². The largest absolute Gasteiger partial charge is 0.397 e. The zero-order chi connectivity index (χ0) is 51.2. The van der Waals surface area contributed by atoms with E-state index in [9.17, 15) is 38.5 Å². The van der Waals surface area contributed by atoms with Crippen LogP contribution in [0.5, 0.6) is 0 Å². The molecule has 13 rings (SSSR count). The fraction of sp³-hybridized carbons (Fsp3) is 0.862. The van der Waals surface area contributed by atoms with Crippen molar-refractivity contribution in [3.05, 3.63) is 46.1 Å². The molecule has 6 N–H and O–H groups in total. The van der Waals surface area contributed by atoms with Crippen LogP contribution >= 0.6 is 0 Å². The molecule has 12 nitrogen and oxygen atoms in total. The first-order valence-electron chi connectivity index (χ1n) is 27.9. The molecule has 0 aromatic heterocycles. The summed E-state index contributed by atoms with van der Waals surface area (Å²) in [6, 6.07) is 0. The molecule has 71 heavy (non-hydrogen) atoms. The molecule has 19 atom stereocenters. The Hall–Kier alpha value is -1.49. The average molecular weight is 1010 g/mol. The lowest BCUT2D eigenvalue weighted by Gasteiger charge is -2.69. The van der Waals surface area contributed by atoms with Gasteiger partial charge in [-0.05, 0) is 174 Å². The molecule has 13 aliphatic rings. The summed E-state index contributed by atoms with van der Waals surface area (Å²) in [7, 11) is -4.83. The number of hydrogen-bond donors (Lipinski definition) is 6. The molecule has 398 valence electrons. The summed E-state index contributed by atoms with van der Waals surface area (Å²) in [5.41, 5.74) is 4.16. The van der Waals surface area contributed by atoms with Crippen molar-refractivity contribution in [1.29, 1.82) is 0 Å². The van der Waals surface area contributed by atoms with Crippen molar-refractivity contribution in [2.75, 3.05) is 13.2 Å². The lowest BCUT2D eigenvalue weighted by atomic mass is 9.42. The van der Waals surface area contributed by atoms with E-state index in [4.69, 9.17) is 25.0 Å². The third-order valence-electron chi connectivity index (χ3n) is 24.1. The highest BCUT2D eigenvalue weighted by molar-refractivity contribution is 7.80. The number of aliphatic hydroxyl groups is 5. The Bertz CT molecular complexity index is 2430. The van der Waals surface area contributed by atoms with E-state index in [1.54, 1.807) is 5.57 Å². The Morgan fingerprint density at radius 3 is 2.11 bits per heavy atom. The fourth-order valence-electron chi connectivity index (χ4n) is 20.5. The summed E-state index contributed by atoms with van der Waals surface area (Å²) in [6.45, 7) is 26.7. The van der Waals surface area contributed by atoms with Gasteiger partial charge in [0.1, 0.15) is 12.2 Å². The van der Waals surface area contributed by atoms with E-state index in [0.29, 0.717) is 43.6 Å². The molecular formula is C58H88O12S. The summed E-state index contributed by atoms with van der Waals surface area (Å²) in [5, 5.41) is 57.8. The maximum absolute atomic E-state index is 12.6. The lowest BCUT2D eigenvalue weighted by Crippen LogP contribution is -2.76. The molecule has 5 saturated heterocycles. The summed E-state index contributed by atoms with van der Waals surface area (Å²) in [5.74, 6) is -1.81. The standard InChI is InChI=1S/C58H88O12S/c1-31(37-14-16-39-35-13-19-46-50(4,5)57(62)47(59)27-55(46,29-67-57)41(35)20-22-53(37,39)10)12-18-43-32(2)24-34(52(8,9)61)25-44(69-43)33(3)38-15-17-40-36-26-45(70-71(64,65)66)49-51(6,7)58(63)48(60)28-56(49,30-68-58)42(36)21-23-54(38,40)11/h19,31,33-34,37-40,43-45,47-49,59-63H,2,12-18,20-30H2,1,3-11H3,(H,64,65,66)/t31-,33+,34-,37-,38-,39+,40+,43+,44-,45+,47+,48+,49?,53-,54-,55+,56+,57-,58-/m1/s1. The quantitative estimate of drug-likeness (QED) is 0.0949. The van der Waals surface area contributed by atoms with Gasteiger partial charge in [0.25, 0.3) is 0 Å². The van der Waals surface area contributed by atoms with E-state index in [2.05, 4.69) is 33.8 Å². The Balaban J connectivity index is 0.821. The predicted molar refractivity (Wildman–Crippen MR) is 268 cm³/mol. The van der Waals surface area contributed by atoms with Crippen LogP contribution in [0.2, 0.25) is 0 Å². The summed E-state index contributed by atoms with van der Waals surface area (Å²) in [6.07, 6.45) is 12.7. The number of allylic oxidation sites excluding steroid dienone is 2. The Morgan fingerprint density at radius 1 is 0.845 bits per heavy atom. The maximum Gasteiger partial charge on any atom is 0.397 e. The number of aliphatic hydroxyl groups excluding tert-OH is 2. The van der Waals surface area contributed by atoms with Gasteiger partial charge in [0.05, 0.1) is 37.1 Å². The van der Waals surface area contributed by atoms with E-state index in [0.717, 1.165) is 69.8 Å². The minimum Gasteiger partial charge on any atom is -0.390 e. The van der Waals surface area contributed by atoms with E-state index in [-0.39, 0.29) is 65.2 Å². The van der Waals surface area contributed by atoms with Crippen molar-refractivity contribution in [3.63, 3.8) is 0 Å². The van der Waals surface area contributed by atoms with Gasteiger partial charge in [-0.15, -0.1) is 0 Å². The van der Waals surface area contributed by atoms with Crippen LogP contribution in [-0.4, -0.2) is 99.4 Å². The molecule has 1 unspecified atom stereocenters. The van der Waals surface area contributed by atoms with Crippen LogP contribution in [0.1, 0.15) is 172 Å². The van der Waals surface area contributed by atoms with E-state index >= 15 is 0 Å². The molecular weight excluding hydrogens is 921 g/mol. The molecule has 5 aliphatic heterocycles. The average Bonchev–Trinajstić information content (AvgIpc) is 3.75. The zero-order valence-corrected chi connectivity index (χ0v) is 45.4. The van der Waals surface area contributed by atoms with Gasteiger partial charge in [-0.2, -0.15) is 8.42 Å². The zero-order valence-electron chi connectivity index (χ0n) is 44.6. The third kappa shape index (κ3) is 7.04. The number of ether oxygens (including phenoxy) is 3. The van der Waals surface area contributed by atoms with Crippen LogP contribution in [0.3, 0.4) is 0 Å². The van der Waals surface area contributed by atoms with Gasteiger partial charge in [0.15, 0.2) is 5.79 Å². The molecule has 2 spiro atoms. The Morgan fingerprint density at radius 2 is 1.46 bits per heavy atom. The van der Waals surface area contributed by atoms with Crippen LogP contribution in [-0.2, 0) is 28.8 Å². The molecule has 4 saturated carbocycles. The monoisotopic (exact) mass is 1010 g/mol. The normalized spacial score (nSPS) is 49.5.